The van der Waals surface area contributed by atoms with E-state index in [2.05, 4.69) is 4.98 Å². The first-order chi connectivity index (χ1) is 9.40. The first kappa shape index (κ1) is 14.2. The van der Waals surface area contributed by atoms with Crippen molar-refractivity contribution in [1.82, 2.24) is 4.98 Å². The number of ether oxygens (including phenoxy) is 2. The Bertz CT molecular complexity index is 591. The number of H-pyrrole nitrogens is 1. The minimum Gasteiger partial charge on any atom is -0.497 e. The van der Waals surface area contributed by atoms with Crippen molar-refractivity contribution in [2.24, 2.45) is 0 Å². The minimum absolute atomic E-state index is 0.353. The number of carbonyl (C=O) groups excluding carboxylic acids is 1. The van der Waals surface area contributed by atoms with Gasteiger partial charge in [0.1, 0.15) is 17.0 Å². The summed E-state index contributed by atoms with van der Waals surface area (Å²) in [4.78, 5) is 15.1. The van der Waals surface area contributed by atoms with Crippen LogP contribution in [0.5, 0.6) is 5.75 Å². The molecule has 0 aliphatic heterocycles. The third kappa shape index (κ3) is 3.20. The Labute approximate surface area is 118 Å². The van der Waals surface area contributed by atoms with Gasteiger partial charge in [0.05, 0.1) is 7.11 Å². The highest BCUT2D eigenvalue weighted by Gasteiger charge is 2.21. The van der Waals surface area contributed by atoms with Gasteiger partial charge < -0.3 is 14.5 Å². The van der Waals surface area contributed by atoms with Crippen molar-refractivity contribution < 1.29 is 14.3 Å². The minimum atomic E-state index is -0.515. The molecule has 0 fully saturated rings. The molecule has 4 nitrogen and oxygen atoms in total. The molecule has 1 heterocycles. The number of rotatable bonds is 3. The molecule has 2 aromatic rings. The highest BCUT2D eigenvalue weighted by molar-refractivity contribution is 5.95. The van der Waals surface area contributed by atoms with Crippen LogP contribution in [0.15, 0.2) is 36.5 Å². The summed E-state index contributed by atoms with van der Waals surface area (Å²) in [6.07, 6.45) is 1.73. The molecule has 0 radical (unpaired) electrons. The molecule has 0 saturated carbocycles. The second kappa shape index (κ2) is 5.41. The Balaban J connectivity index is 2.30. The van der Waals surface area contributed by atoms with Crippen molar-refractivity contribution >= 4 is 5.97 Å². The van der Waals surface area contributed by atoms with Crippen LogP contribution in [0.25, 0.3) is 11.1 Å². The maximum absolute atomic E-state index is 12.2. The lowest BCUT2D eigenvalue weighted by Gasteiger charge is -2.19. The Kier molecular flexibility index (Phi) is 3.84. The van der Waals surface area contributed by atoms with Crippen LogP contribution in [-0.4, -0.2) is 23.7 Å². The van der Waals surface area contributed by atoms with E-state index in [1.165, 1.54) is 0 Å². The van der Waals surface area contributed by atoms with Gasteiger partial charge in [0.25, 0.3) is 0 Å². The van der Waals surface area contributed by atoms with Gasteiger partial charge in [-0.3, -0.25) is 0 Å². The van der Waals surface area contributed by atoms with Crippen molar-refractivity contribution in [3.8, 4) is 16.9 Å². The summed E-state index contributed by atoms with van der Waals surface area (Å²) in [6, 6.07) is 9.41. The fourth-order valence-electron chi connectivity index (χ4n) is 1.88. The van der Waals surface area contributed by atoms with E-state index in [1.807, 2.05) is 51.1 Å². The Morgan fingerprint density at radius 2 is 1.75 bits per heavy atom. The maximum atomic E-state index is 12.2. The number of hydrogen-bond donors (Lipinski definition) is 1. The third-order valence-electron chi connectivity index (χ3n) is 2.75. The average molecular weight is 273 g/mol. The quantitative estimate of drug-likeness (QED) is 0.868. The molecule has 1 aromatic carbocycles. The molecule has 0 spiro atoms. The summed E-state index contributed by atoms with van der Waals surface area (Å²) in [5.41, 5.74) is 1.71. The largest absolute Gasteiger partial charge is 0.497 e. The lowest BCUT2D eigenvalue weighted by molar-refractivity contribution is 0.00646. The molecule has 1 N–H and O–H groups in total. The number of carbonyl (C=O) groups is 1. The number of aromatic amines is 1. The van der Waals surface area contributed by atoms with Gasteiger partial charge in [0.15, 0.2) is 0 Å². The summed E-state index contributed by atoms with van der Waals surface area (Å²) in [6.45, 7) is 5.54. The molecular formula is C16H19NO3. The van der Waals surface area contributed by atoms with Crippen molar-refractivity contribution in [2.75, 3.05) is 7.11 Å². The first-order valence-corrected chi connectivity index (χ1v) is 6.46. The van der Waals surface area contributed by atoms with E-state index in [0.29, 0.717) is 5.69 Å². The first-order valence-electron chi connectivity index (χ1n) is 6.46. The second-order valence-corrected chi connectivity index (χ2v) is 5.50. The SMILES string of the molecule is COc1ccc(-c2cc[nH]c2C(=O)OC(C)(C)C)cc1. The van der Waals surface area contributed by atoms with E-state index in [-0.39, 0.29) is 5.97 Å². The van der Waals surface area contributed by atoms with E-state index >= 15 is 0 Å². The molecule has 4 heteroatoms. The van der Waals surface area contributed by atoms with Gasteiger partial charge >= 0.3 is 5.97 Å². The smallest absolute Gasteiger partial charge is 0.355 e. The summed E-state index contributed by atoms with van der Waals surface area (Å²) in [5.74, 6) is 0.427. The van der Waals surface area contributed by atoms with Crippen LogP contribution in [0.1, 0.15) is 31.3 Å². The summed E-state index contributed by atoms with van der Waals surface area (Å²) in [5, 5.41) is 0. The summed E-state index contributed by atoms with van der Waals surface area (Å²) in [7, 11) is 1.62. The Hall–Kier alpha value is -2.23. The van der Waals surface area contributed by atoms with Crippen molar-refractivity contribution in [3.05, 3.63) is 42.2 Å². The molecule has 0 unspecified atom stereocenters. The van der Waals surface area contributed by atoms with Crippen LogP contribution in [0.4, 0.5) is 0 Å². The van der Waals surface area contributed by atoms with E-state index in [9.17, 15) is 4.79 Å². The number of nitrogens with one attached hydrogen (secondary N) is 1. The number of aromatic nitrogens is 1. The third-order valence-corrected chi connectivity index (χ3v) is 2.75. The van der Waals surface area contributed by atoms with Gasteiger partial charge in [-0.1, -0.05) is 12.1 Å². The van der Waals surface area contributed by atoms with Gasteiger partial charge in [-0.15, -0.1) is 0 Å². The topological polar surface area (TPSA) is 51.3 Å². The monoisotopic (exact) mass is 273 g/mol. The maximum Gasteiger partial charge on any atom is 0.355 e. The van der Waals surface area contributed by atoms with Crippen molar-refractivity contribution in [2.45, 2.75) is 26.4 Å². The van der Waals surface area contributed by atoms with Gasteiger partial charge in [0, 0.05) is 11.8 Å². The molecular weight excluding hydrogens is 254 g/mol. The fourth-order valence-corrected chi connectivity index (χ4v) is 1.88. The van der Waals surface area contributed by atoms with Gasteiger partial charge in [0.2, 0.25) is 0 Å². The zero-order chi connectivity index (χ0) is 14.8. The summed E-state index contributed by atoms with van der Waals surface area (Å²) < 4.78 is 10.5. The fraction of sp³-hybridized carbons (Fsp3) is 0.312. The van der Waals surface area contributed by atoms with Crippen molar-refractivity contribution in [1.29, 1.82) is 0 Å². The normalized spacial score (nSPS) is 11.2. The number of benzene rings is 1. The zero-order valence-electron chi connectivity index (χ0n) is 12.2. The molecule has 20 heavy (non-hydrogen) atoms. The van der Waals surface area contributed by atoms with Crippen LogP contribution < -0.4 is 4.74 Å². The van der Waals surface area contributed by atoms with Gasteiger partial charge in [-0.05, 0) is 44.5 Å². The van der Waals surface area contributed by atoms with Crippen molar-refractivity contribution in [3.63, 3.8) is 0 Å². The van der Waals surface area contributed by atoms with Crippen LogP contribution in [0.2, 0.25) is 0 Å². The Morgan fingerprint density at radius 3 is 2.30 bits per heavy atom. The number of hydrogen-bond acceptors (Lipinski definition) is 3. The predicted octanol–water partition coefficient (Wildman–Crippen LogP) is 3.65. The zero-order valence-corrected chi connectivity index (χ0v) is 12.2. The standard InChI is InChI=1S/C16H19NO3/c1-16(2,3)20-15(18)14-13(9-10-17-14)11-5-7-12(19-4)8-6-11/h5-10,17H,1-4H3. The lowest BCUT2D eigenvalue weighted by Crippen LogP contribution is -2.24. The number of esters is 1. The lowest BCUT2D eigenvalue weighted by atomic mass is 10.1. The van der Waals surface area contributed by atoms with E-state index in [0.717, 1.165) is 16.9 Å². The predicted molar refractivity (Wildman–Crippen MR) is 77.9 cm³/mol. The van der Waals surface area contributed by atoms with E-state index in [4.69, 9.17) is 9.47 Å². The Morgan fingerprint density at radius 1 is 1.10 bits per heavy atom. The molecule has 0 atom stereocenters. The molecule has 0 amide bonds. The van der Waals surface area contributed by atoms with E-state index in [1.54, 1.807) is 13.3 Å². The molecule has 0 aliphatic rings. The van der Waals surface area contributed by atoms with E-state index < -0.39 is 5.60 Å². The molecule has 0 bridgehead atoms. The average Bonchev–Trinajstić information content (AvgIpc) is 2.86. The highest BCUT2D eigenvalue weighted by Crippen LogP contribution is 2.26. The molecule has 2 rings (SSSR count). The molecule has 1 aromatic heterocycles. The van der Waals surface area contributed by atoms with Gasteiger partial charge in [-0.25, -0.2) is 4.79 Å². The van der Waals surface area contributed by atoms with Crippen LogP contribution in [0, 0.1) is 0 Å². The molecule has 106 valence electrons. The van der Waals surface area contributed by atoms with Crippen LogP contribution >= 0.6 is 0 Å². The van der Waals surface area contributed by atoms with Crippen LogP contribution in [-0.2, 0) is 4.74 Å². The number of methoxy groups -OCH3 is 1. The van der Waals surface area contributed by atoms with Crippen LogP contribution in [0.3, 0.4) is 0 Å². The highest BCUT2D eigenvalue weighted by atomic mass is 16.6. The van der Waals surface area contributed by atoms with Gasteiger partial charge in [-0.2, -0.15) is 0 Å². The second-order valence-electron chi connectivity index (χ2n) is 5.50. The summed E-state index contributed by atoms with van der Waals surface area (Å²) >= 11 is 0. The molecule has 0 aliphatic carbocycles. The molecule has 0 saturated heterocycles.